The maximum Gasteiger partial charge on any atom is 0.328 e. The molecule has 0 bridgehead atoms. The monoisotopic (exact) mass is 491 g/mol. The predicted octanol–water partition coefficient (Wildman–Crippen LogP) is -0.995. The van der Waals surface area contributed by atoms with E-state index in [-0.39, 0.29) is 12.2 Å². The molecule has 0 saturated carbocycles. The van der Waals surface area contributed by atoms with Gasteiger partial charge in [-0.15, -0.1) is 0 Å². The van der Waals surface area contributed by atoms with Crippen LogP contribution in [0.3, 0.4) is 0 Å². The normalized spacial score (nSPS) is 18.3. The Kier molecular flexibility index (Phi) is 8.53. The third kappa shape index (κ3) is 5.69. The fourth-order valence-corrected chi connectivity index (χ4v) is 4.21. The van der Waals surface area contributed by atoms with E-state index in [0.29, 0.717) is 19.4 Å². The quantitative estimate of drug-likeness (QED) is 0.208. The van der Waals surface area contributed by atoms with Crippen molar-refractivity contribution >= 4 is 47.2 Å². The Morgan fingerprint density at radius 1 is 1.21 bits per heavy atom. The number of aromatic amines is 1. The number of aliphatic hydroxyl groups is 1. The summed E-state index contributed by atoms with van der Waals surface area (Å²) in [6.07, 6.45) is 2.80. The van der Waals surface area contributed by atoms with E-state index >= 15 is 0 Å². The van der Waals surface area contributed by atoms with Crippen molar-refractivity contribution in [3.63, 3.8) is 0 Å². The van der Waals surface area contributed by atoms with Gasteiger partial charge >= 0.3 is 5.97 Å². The summed E-state index contributed by atoms with van der Waals surface area (Å²) in [4.78, 5) is 54.5. The minimum Gasteiger partial charge on any atom is -0.480 e. The van der Waals surface area contributed by atoms with Crippen molar-refractivity contribution < 1.29 is 29.4 Å². The van der Waals surface area contributed by atoms with Crippen molar-refractivity contribution in [1.82, 2.24) is 20.5 Å². The Labute approximate surface area is 201 Å². The summed E-state index contributed by atoms with van der Waals surface area (Å²) in [6, 6.07) is 3.12. The fourth-order valence-electron chi connectivity index (χ4n) is 4.05. The molecule has 1 saturated heterocycles. The number of fused-ring (bicyclic) bond motifs is 1. The number of aliphatic hydroxyl groups excluding tert-OH is 1. The molecule has 3 rings (SSSR count). The number of hydrogen-bond acceptors (Lipinski definition) is 7. The zero-order valence-electron chi connectivity index (χ0n) is 18.4. The van der Waals surface area contributed by atoms with Crippen molar-refractivity contribution in [3.8, 4) is 0 Å². The van der Waals surface area contributed by atoms with E-state index in [9.17, 15) is 29.4 Å². The molecule has 0 aliphatic carbocycles. The smallest absolute Gasteiger partial charge is 0.328 e. The van der Waals surface area contributed by atoms with Gasteiger partial charge in [0.25, 0.3) is 0 Å². The molecule has 34 heavy (non-hydrogen) atoms. The van der Waals surface area contributed by atoms with Gasteiger partial charge in [-0.25, -0.2) is 4.79 Å². The first-order valence-corrected chi connectivity index (χ1v) is 11.6. The number of nitrogens with one attached hydrogen (secondary N) is 3. The van der Waals surface area contributed by atoms with Gasteiger partial charge in [0.05, 0.1) is 12.6 Å². The maximum absolute atomic E-state index is 13.1. The molecule has 1 aliphatic heterocycles. The zero-order valence-corrected chi connectivity index (χ0v) is 19.3. The van der Waals surface area contributed by atoms with E-state index in [4.69, 9.17) is 5.73 Å². The molecule has 12 heteroatoms. The topological polar surface area (TPSA) is 178 Å². The van der Waals surface area contributed by atoms with Crippen LogP contribution in [-0.4, -0.2) is 86.9 Å². The van der Waals surface area contributed by atoms with Crippen molar-refractivity contribution in [3.05, 3.63) is 36.0 Å². The lowest BCUT2D eigenvalue weighted by molar-refractivity contribution is -0.144. The Morgan fingerprint density at radius 2 is 1.94 bits per heavy atom. The number of rotatable bonds is 10. The van der Waals surface area contributed by atoms with Gasteiger partial charge in [-0.3, -0.25) is 14.4 Å². The number of carboxylic acid groups (broad SMARTS) is 1. The van der Waals surface area contributed by atoms with Gasteiger partial charge in [0.15, 0.2) is 0 Å². The molecular formula is C22H29N5O6S. The number of carboxylic acids is 1. The SMILES string of the molecule is NC(CS)C(=O)N1CCCC1C(=O)NC(Cc1c[nH]c2ccccc12)C(=O)NC(CO)C(=O)O. The van der Waals surface area contributed by atoms with E-state index in [1.54, 1.807) is 6.20 Å². The molecule has 3 amide bonds. The highest BCUT2D eigenvalue weighted by molar-refractivity contribution is 7.80. The summed E-state index contributed by atoms with van der Waals surface area (Å²) in [5, 5.41) is 24.3. The van der Waals surface area contributed by atoms with Gasteiger partial charge in [-0.05, 0) is 24.5 Å². The number of nitrogens with zero attached hydrogens (tertiary/aromatic N) is 1. The van der Waals surface area contributed by atoms with E-state index in [1.165, 1.54) is 4.90 Å². The minimum atomic E-state index is -1.52. The number of para-hydroxylation sites is 1. The molecule has 11 nitrogen and oxygen atoms in total. The number of aliphatic carboxylic acids is 1. The molecule has 184 valence electrons. The molecular weight excluding hydrogens is 462 g/mol. The summed E-state index contributed by atoms with van der Waals surface area (Å²) in [6.45, 7) is -0.440. The molecule has 7 N–H and O–H groups in total. The third-order valence-electron chi connectivity index (χ3n) is 5.88. The Balaban J connectivity index is 1.82. The first-order valence-electron chi connectivity index (χ1n) is 10.9. The van der Waals surface area contributed by atoms with Crippen LogP contribution in [0.2, 0.25) is 0 Å². The van der Waals surface area contributed by atoms with Gasteiger partial charge in [0, 0.05) is 35.8 Å². The van der Waals surface area contributed by atoms with Crippen LogP contribution in [0.1, 0.15) is 18.4 Å². The Morgan fingerprint density at radius 3 is 2.62 bits per heavy atom. The van der Waals surface area contributed by atoms with Gasteiger partial charge < -0.3 is 36.5 Å². The second-order valence-corrected chi connectivity index (χ2v) is 8.55. The molecule has 1 aromatic carbocycles. The lowest BCUT2D eigenvalue weighted by atomic mass is 10.0. The largest absolute Gasteiger partial charge is 0.480 e. The van der Waals surface area contributed by atoms with Crippen LogP contribution in [0.4, 0.5) is 0 Å². The number of thiol groups is 1. The number of amides is 3. The van der Waals surface area contributed by atoms with Gasteiger partial charge in [-0.2, -0.15) is 12.6 Å². The molecule has 0 radical (unpaired) electrons. The van der Waals surface area contributed by atoms with Crippen LogP contribution in [0.5, 0.6) is 0 Å². The summed E-state index contributed by atoms with van der Waals surface area (Å²) in [5.41, 5.74) is 7.39. The first kappa shape index (κ1) is 25.5. The molecule has 4 atom stereocenters. The van der Waals surface area contributed by atoms with Crippen LogP contribution in [0.15, 0.2) is 30.5 Å². The van der Waals surface area contributed by atoms with Crippen molar-refractivity contribution in [2.75, 3.05) is 18.9 Å². The second-order valence-electron chi connectivity index (χ2n) is 8.19. The van der Waals surface area contributed by atoms with Crippen LogP contribution in [0, 0.1) is 0 Å². The van der Waals surface area contributed by atoms with E-state index in [2.05, 4.69) is 28.2 Å². The molecule has 1 fully saturated rings. The number of H-pyrrole nitrogens is 1. The Hall–Kier alpha value is -3.09. The average Bonchev–Trinajstić information content (AvgIpc) is 3.48. The molecule has 1 aromatic heterocycles. The lowest BCUT2D eigenvalue weighted by Gasteiger charge is -2.28. The van der Waals surface area contributed by atoms with Crippen LogP contribution in [0.25, 0.3) is 10.9 Å². The number of likely N-dealkylation sites (tertiary alicyclic amines) is 1. The van der Waals surface area contributed by atoms with Crippen molar-refractivity contribution in [2.24, 2.45) is 5.73 Å². The second kappa shape index (κ2) is 11.4. The van der Waals surface area contributed by atoms with Gasteiger partial charge in [0.1, 0.15) is 18.1 Å². The van der Waals surface area contributed by atoms with E-state index in [1.807, 2.05) is 24.3 Å². The zero-order chi connectivity index (χ0) is 24.8. The average molecular weight is 492 g/mol. The first-order chi connectivity index (χ1) is 16.3. The molecule has 1 aliphatic rings. The van der Waals surface area contributed by atoms with Crippen LogP contribution < -0.4 is 16.4 Å². The molecule has 2 heterocycles. The number of nitrogens with two attached hydrogens (primary N) is 1. The highest BCUT2D eigenvalue weighted by Gasteiger charge is 2.37. The maximum atomic E-state index is 13.1. The summed E-state index contributed by atoms with van der Waals surface area (Å²) < 4.78 is 0. The Bertz CT molecular complexity index is 1060. The number of benzene rings is 1. The molecule has 4 unspecified atom stereocenters. The molecule has 0 spiro atoms. The number of carbonyl (C=O) groups is 4. The summed E-state index contributed by atoms with van der Waals surface area (Å²) in [7, 11) is 0. The fraction of sp³-hybridized carbons (Fsp3) is 0.455. The number of aromatic nitrogens is 1. The van der Waals surface area contributed by atoms with E-state index < -0.39 is 54.5 Å². The predicted molar refractivity (Wildman–Crippen MR) is 127 cm³/mol. The van der Waals surface area contributed by atoms with Crippen molar-refractivity contribution in [2.45, 2.75) is 43.4 Å². The standard InChI is InChI=1S/C22H29N5O6S/c23-14(11-34)21(31)27-7-3-6-18(27)20(30)25-16(19(29)26-17(10-28)22(32)33)8-12-9-24-15-5-2-1-4-13(12)15/h1-2,4-5,9,14,16-18,24,28,34H,3,6-8,10-11,23H2,(H,25,30)(H,26,29)(H,32,33). The summed E-state index contributed by atoms with van der Waals surface area (Å²) >= 11 is 4.05. The van der Waals surface area contributed by atoms with Gasteiger partial charge in [-0.1, -0.05) is 18.2 Å². The molecule has 2 aromatic rings. The minimum absolute atomic E-state index is 0.0656. The van der Waals surface area contributed by atoms with E-state index in [0.717, 1.165) is 16.5 Å². The number of hydrogen-bond donors (Lipinski definition) is 7. The van der Waals surface area contributed by atoms with Crippen molar-refractivity contribution in [1.29, 1.82) is 0 Å². The lowest BCUT2D eigenvalue weighted by Crippen LogP contribution is -2.57. The summed E-state index contributed by atoms with van der Waals surface area (Å²) in [5.74, 6) is -2.96. The van der Waals surface area contributed by atoms with Crippen LogP contribution in [-0.2, 0) is 25.6 Å². The number of carbonyl (C=O) groups excluding carboxylic acids is 3. The van der Waals surface area contributed by atoms with Crippen LogP contribution >= 0.6 is 12.6 Å². The van der Waals surface area contributed by atoms with Gasteiger partial charge in [0.2, 0.25) is 17.7 Å². The highest BCUT2D eigenvalue weighted by Crippen LogP contribution is 2.21. The third-order valence-corrected chi connectivity index (χ3v) is 6.27. The highest BCUT2D eigenvalue weighted by atomic mass is 32.1.